The maximum atomic E-state index is 12.1. The van der Waals surface area contributed by atoms with Crippen LogP contribution in [0.5, 0.6) is 0 Å². The molecule has 0 aliphatic heterocycles. The second-order valence-electron chi connectivity index (χ2n) is 5.30. The van der Waals surface area contributed by atoms with Crippen LogP contribution in [0.1, 0.15) is 23.7 Å². The van der Waals surface area contributed by atoms with Crippen LogP contribution in [0.2, 0.25) is 0 Å². The van der Waals surface area contributed by atoms with E-state index in [-0.39, 0.29) is 23.9 Å². The largest absolute Gasteiger partial charge is 0.326 e. The highest BCUT2D eigenvalue weighted by atomic mass is 127. The molecule has 26 heavy (non-hydrogen) atoms. The van der Waals surface area contributed by atoms with E-state index in [2.05, 4.69) is 38.4 Å². The molecule has 0 bridgehead atoms. The summed E-state index contributed by atoms with van der Waals surface area (Å²) in [6.45, 7) is 1.62. The fourth-order valence-corrected chi connectivity index (χ4v) is 2.63. The third-order valence-corrected chi connectivity index (χ3v) is 4.19. The van der Waals surface area contributed by atoms with Crippen LogP contribution in [-0.4, -0.2) is 22.4 Å². The van der Waals surface area contributed by atoms with E-state index in [1.165, 1.54) is 24.3 Å². The van der Waals surface area contributed by atoms with E-state index in [0.29, 0.717) is 17.0 Å². The number of non-ortho nitro benzene ring substituents is 1. The Morgan fingerprint density at radius 3 is 2.42 bits per heavy atom. The zero-order valence-electron chi connectivity index (χ0n) is 13.7. The summed E-state index contributed by atoms with van der Waals surface area (Å²) in [5.74, 6) is -0.700. The normalized spacial score (nSPS) is 10.9. The summed E-state index contributed by atoms with van der Waals surface area (Å²) in [7, 11) is 0. The number of halogens is 1. The minimum Gasteiger partial charge on any atom is -0.326 e. The Morgan fingerprint density at radius 1 is 1.15 bits per heavy atom. The van der Waals surface area contributed by atoms with E-state index in [4.69, 9.17) is 0 Å². The van der Waals surface area contributed by atoms with Crippen molar-refractivity contribution in [2.24, 2.45) is 5.10 Å². The van der Waals surface area contributed by atoms with Crippen molar-refractivity contribution in [3.8, 4) is 0 Å². The van der Waals surface area contributed by atoms with Gasteiger partial charge in [0.1, 0.15) is 0 Å². The van der Waals surface area contributed by atoms with Crippen molar-refractivity contribution in [1.82, 2.24) is 5.43 Å². The first-order valence-corrected chi connectivity index (χ1v) is 8.57. The van der Waals surface area contributed by atoms with Crippen LogP contribution in [0.25, 0.3) is 0 Å². The van der Waals surface area contributed by atoms with Crippen LogP contribution >= 0.6 is 22.6 Å². The molecule has 0 saturated carbocycles. The molecule has 0 spiro atoms. The number of rotatable bonds is 6. The van der Waals surface area contributed by atoms with Gasteiger partial charge in [0.05, 0.1) is 16.9 Å². The fraction of sp³-hybridized carbons (Fsp3) is 0.118. The van der Waals surface area contributed by atoms with Crippen molar-refractivity contribution < 1.29 is 14.5 Å². The number of carbonyl (C=O) groups is 2. The molecule has 0 aliphatic carbocycles. The van der Waals surface area contributed by atoms with Gasteiger partial charge in [0.15, 0.2) is 0 Å². The molecule has 8 nitrogen and oxygen atoms in total. The van der Waals surface area contributed by atoms with Gasteiger partial charge in [-0.25, -0.2) is 5.43 Å². The monoisotopic (exact) mass is 466 g/mol. The van der Waals surface area contributed by atoms with E-state index in [9.17, 15) is 19.7 Å². The van der Waals surface area contributed by atoms with Crippen molar-refractivity contribution in [3.05, 3.63) is 67.8 Å². The quantitative estimate of drug-likeness (QED) is 0.294. The van der Waals surface area contributed by atoms with Gasteiger partial charge in [-0.2, -0.15) is 5.10 Å². The van der Waals surface area contributed by atoms with Crippen LogP contribution in [0.3, 0.4) is 0 Å². The number of hydrogen-bond donors (Lipinski definition) is 2. The number of nitro groups is 1. The first-order valence-electron chi connectivity index (χ1n) is 7.49. The highest BCUT2D eigenvalue weighted by molar-refractivity contribution is 14.1. The van der Waals surface area contributed by atoms with Gasteiger partial charge in [0.25, 0.3) is 11.6 Å². The molecule has 9 heteroatoms. The number of amides is 2. The molecule has 0 aromatic heterocycles. The van der Waals surface area contributed by atoms with Crippen LogP contribution < -0.4 is 10.7 Å². The molecular weight excluding hydrogens is 451 g/mol. The molecule has 0 fully saturated rings. The van der Waals surface area contributed by atoms with Crippen LogP contribution in [0.4, 0.5) is 11.4 Å². The number of carbonyl (C=O) groups excluding carboxylic acids is 2. The summed E-state index contributed by atoms with van der Waals surface area (Å²) < 4.78 is 0.798. The van der Waals surface area contributed by atoms with Gasteiger partial charge in [0, 0.05) is 27.1 Å². The average molecular weight is 466 g/mol. The Kier molecular flexibility index (Phi) is 6.78. The van der Waals surface area contributed by atoms with E-state index in [0.717, 1.165) is 3.57 Å². The minimum absolute atomic E-state index is 0.0247. The number of benzene rings is 2. The van der Waals surface area contributed by atoms with E-state index in [1.807, 2.05) is 12.1 Å². The number of nitrogens with one attached hydrogen (secondary N) is 2. The molecule has 0 saturated heterocycles. The van der Waals surface area contributed by atoms with E-state index in [1.54, 1.807) is 19.1 Å². The van der Waals surface area contributed by atoms with Crippen LogP contribution in [-0.2, 0) is 4.79 Å². The second-order valence-corrected chi connectivity index (χ2v) is 6.46. The van der Waals surface area contributed by atoms with Crippen molar-refractivity contribution >= 4 is 51.5 Å². The van der Waals surface area contributed by atoms with Gasteiger partial charge in [-0.05, 0) is 53.8 Å². The van der Waals surface area contributed by atoms with Gasteiger partial charge in [0.2, 0.25) is 5.91 Å². The Morgan fingerprint density at radius 2 is 1.81 bits per heavy atom. The molecule has 0 radical (unpaired) electrons. The van der Waals surface area contributed by atoms with Crippen molar-refractivity contribution in [1.29, 1.82) is 0 Å². The Hall–Kier alpha value is -2.82. The molecule has 2 amide bonds. The lowest BCUT2D eigenvalue weighted by Gasteiger charge is -2.06. The SMILES string of the molecule is C/C(CC(=O)Nc1ccc([N+](=O)[O-])cc1)=N/NC(=O)c1ccccc1I. The Labute approximate surface area is 163 Å². The fourth-order valence-electron chi connectivity index (χ4n) is 2.00. The first-order chi connectivity index (χ1) is 12.4. The predicted molar refractivity (Wildman–Crippen MR) is 106 cm³/mol. The van der Waals surface area contributed by atoms with Crippen molar-refractivity contribution in [2.75, 3.05) is 5.32 Å². The topological polar surface area (TPSA) is 114 Å². The third-order valence-electron chi connectivity index (χ3n) is 3.25. The van der Waals surface area contributed by atoms with E-state index >= 15 is 0 Å². The van der Waals surface area contributed by atoms with E-state index < -0.39 is 4.92 Å². The van der Waals surface area contributed by atoms with Gasteiger partial charge >= 0.3 is 0 Å². The standard InChI is InChI=1S/C17H15IN4O4/c1-11(20-21-17(24)14-4-2-3-5-15(14)18)10-16(23)19-12-6-8-13(9-7-12)22(25)26/h2-9H,10H2,1H3,(H,19,23)(H,21,24)/b20-11-. The minimum atomic E-state index is -0.515. The number of anilines is 1. The van der Waals surface area contributed by atoms with Crippen LogP contribution in [0.15, 0.2) is 53.6 Å². The molecule has 2 aromatic rings. The highest BCUT2D eigenvalue weighted by Gasteiger charge is 2.10. The highest BCUT2D eigenvalue weighted by Crippen LogP contribution is 2.15. The average Bonchev–Trinajstić information content (AvgIpc) is 2.60. The summed E-state index contributed by atoms with van der Waals surface area (Å²) >= 11 is 2.06. The van der Waals surface area contributed by atoms with Gasteiger partial charge in [-0.3, -0.25) is 19.7 Å². The lowest BCUT2D eigenvalue weighted by molar-refractivity contribution is -0.384. The van der Waals surface area contributed by atoms with Gasteiger partial charge in [-0.1, -0.05) is 12.1 Å². The van der Waals surface area contributed by atoms with Crippen molar-refractivity contribution in [2.45, 2.75) is 13.3 Å². The Bertz CT molecular complexity index is 865. The molecular formula is C17H15IN4O4. The summed E-state index contributed by atoms with van der Waals surface area (Å²) in [6, 6.07) is 12.6. The van der Waals surface area contributed by atoms with Crippen LogP contribution in [0, 0.1) is 13.7 Å². The maximum Gasteiger partial charge on any atom is 0.272 e. The lowest BCUT2D eigenvalue weighted by atomic mass is 10.2. The van der Waals surface area contributed by atoms with Gasteiger partial charge < -0.3 is 5.32 Å². The number of hydrazone groups is 1. The predicted octanol–water partition coefficient (Wildman–Crippen LogP) is 3.33. The number of nitro benzene ring substituents is 1. The molecule has 0 unspecified atom stereocenters. The number of hydrogen-bond acceptors (Lipinski definition) is 5. The molecule has 134 valence electrons. The maximum absolute atomic E-state index is 12.1. The Balaban J connectivity index is 1.89. The summed E-state index contributed by atoms with van der Waals surface area (Å²) in [4.78, 5) is 34.1. The second kappa shape index (κ2) is 9.04. The third kappa shape index (κ3) is 5.62. The van der Waals surface area contributed by atoms with Gasteiger partial charge in [-0.15, -0.1) is 0 Å². The van der Waals surface area contributed by atoms with Crippen molar-refractivity contribution in [3.63, 3.8) is 0 Å². The first kappa shape index (κ1) is 19.5. The summed E-state index contributed by atoms with van der Waals surface area (Å²) in [5, 5.41) is 17.1. The molecule has 0 heterocycles. The zero-order valence-corrected chi connectivity index (χ0v) is 15.9. The molecule has 2 N–H and O–H groups in total. The smallest absolute Gasteiger partial charge is 0.272 e. The zero-order chi connectivity index (χ0) is 19.1. The lowest BCUT2D eigenvalue weighted by Crippen LogP contribution is -2.22. The molecule has 0 aliphatic rings. The summed E-state index contributed by atoms with van der Waals surface area (Å²) in [6.07, 6.45) is -0.0247. The molecule has 2 rings (SSSR count). The number of nitrogens with zero attached hydrogens (tertiary/aromatic N) is 2. The summed E-state index contributed by atoms with van der Waals surface area (Å²) in [5.41, 5.74) is 3.72. The molecule has 0 atom stereocenters. The molecule has 2 aromatic carbocycles.